The minimum Gasteiger partial charge on any atom is -0.507 e. The van der Waals surface area contributed by atoms with Crippen molar-refractivity contribution < 1.29 is 85.8 Å². The van der Waals surface area contributed by atoms with Gasteiger partial charge >= 0.3 is 0 Å². The topological polar surface area (TPSA) is 80.9 Å². The van der Waals surface area contributed by atoms with Crippen LogP contribution in [0.1, 0.15) is 66.8 Å². The zero-order valence-corrected chi connectivity index (χ0v) is 33.4. The minimum absolute atomic E-state index is 0. The van der Waals surface area contributed by atoms with Crippen molar-refractivity contribution in [1.29, 1.82) is 0 Å². The van der Waals surface area contributed by atoms with Gasteiger partial charge in [-0.25, -0.2) is 0 Å². The van der Waals surface area contributed by atoms with E-state index < -0.39 is 0 Å². The van der Waals surface area contributed by atoms with E-state index in [9.17, 15) is 10.2 Å². The molecule has 4 aromatic rings. The molecule has 0 saturated heterocycles. The van der Waals surface area contributed by atoms with Crippen LogP contribution in [-0.4, -0.2) is 20.4 Å². The average Bonchev–Trinajstić information content (AvgIpc) is 3.01. The van der Waals surface area contributed by atoms with Crippen LogP contribution >= 0.6 is 0 Å². The Morgan fingerprint density at radius 2 is 0.750 bits per heavy atom. The maximum absolute atomic E-state index is 9.51. The van der Waals surface area contributed by atoms with Gasteiger partial charge in [0.25, 0.3) is 0 Å². The summed E-state index contributed by atoms with van der Waals surface area (Å²) in [7, 11) is 0. The summed E-state index contributed by atoms with van der Waals surface area (Å²) in [5, 5.41) is 36.4. The molecular formula is C38H48O4Y2. The minimum atomic E-state index is 0. The van der Waals surface area contributed by atoms with Crippen LogP contribution in [0.2, 0.25) is 0 Å². The van der Waals surface area contributed by atoms with E-state index in [2.05, 4.69) is 27.0 Å². The van der Waals surface area contributed by atoms with Crippen LogP contribution in [0.25, 0.3) is 12.2 Å². The summed E-state index contributed by atoms with van der Waals surface area (Å²) >= 11 is 0. The predicted molar refractivity (Wildman–Crippen MR) is 179 cm³/mol. The van der Waals surface area contributed by atoms with E-state index in [4.69, 9.17) is 10.2 Å². The molecule has 0 aromatic heterocycles. The molecule has 0 bridgehead atoms. The van der Waals surface area contributed by atoms with Crippen molar-refractivity contribution in [3.05, 3.63) is 141 Å². The molecule has 6 heteroatoms. The van der Waals surface area contributed by atoms with Crippen molar-refractivity contribution in [2.75, 3.05) is 0 Å². The zero-order chi connectivity index (χ0) is 32.0. The van der Waals surface area contributed by atoms with Crippen molar-refractivity contribution >= 4 is 12.2 Å². The number of phenolic OH excluding ortho intramolecular Hbond substituents is 2. The maximum atomic E-state index is 9.51. The Labute approximate surface area is 315 Å². The number of benzene rings is 4. The Morgan fingerprint density at radius 1 is 0.477 bits per heavy atom. The first-order valence-corrected chi connectivity index (χ1v) is 14.0. The van der Waals surface area contributed by atoms with Crippen LogP contribution in [0.5, 0.6) is 11.5 Å². The summed E-state index contributed by atoms with van der Waals surface area (Å²) in [6.07, 6.45) is 3.56. The van der Waals surface area contributed by atoms with Crippen LogP contribution in [-0.2, 0) is 78.6 Å². The monoisotopic (exact) mass is 746 g/mol. The number of rotatable bonds is 4. The molecule has 0 aliphatic carbocycles. The zero-order valence-electron chi connectivity index (χ0n) is 27.7. The van der Waals surface area contributed by atoms with Crippen LogP contribution in [0.3, 0.4) is 0 Å². The maximum Gasteiger partial charge on any atom is 0.121 e. The molecule has 4 N–H and O–H groups in total. The molecule has 0 unspecified atom stereocenters. The fraction of sp³-hybridized carbons (Fsp3) is 0.263. The molecule has 0 saturated carbocycles. The number of aliphatic hydroxyl groups is 2. The molecule has 0 spiro atoms. The molecule has 0 heterocycles. The van der Waals surface area contributed by atoms with Gasteiger partial charge in [-0.1, -0.05) is 86.0 Å². The Hall–Kier alpha value is -1.91. The van der Waals surface area contributed by atoms with Gasteiger partial charge in [-0.3, -0.25) is 0 Å². The molecule has 0 amide bonds. The molecule has 0 aliphatic rings. The summed E-state index contributed by atoms with van der Waals surface area (Å²) in [6, 6.07) is 19.3. The van der Waals surface area contributed by atoms with Crippen molar-refractivity contribution in [3.8, 4) is 11.5 Å². The molecule has 230 valence electrons. The van der Waals surface area contributed by atoms with Gasteiger partial charge in [0, 0.05) is 65.4 Å². The molecule has 0 fully saturated rings. The number of phenols is 2. The second kappa shape index (κ2) is 22.6. The third-order valence-corrected chi connectivity index (χ3v) is 7.43. The van der Waals surface area contributed by atoms with Gasteiger partial charge in [-0.15, -0.1) is 0 Å². The van der Waals surface area contributed by atoms with Gasteiger partial charge in [0.05, 0.1) is 13.2 Å². The largest absolute Gasteiger partial charge is 0.507 e. The summed E-state index contributed by atoms with van der Waals surface area (Å²) < 4.78 is 0. The number of hydrogen-bond acceptors (Lipinski definition) is 4. The first-order valence-electron chi connectivity index (χ1n) is 14.0. The molecule has 4 nitrogen and oxygen atoms in total. The quantitative estimate of drug-likeness (QED) is 0.168. The van der Waals surface area contributed by atoms with Gasteiger partial charge in [0.2, 0.25) is 0 Å². The SMILES string of the molecule is C=Cc1ccc(CO)cc1.C=Cc1ccc(CO)cc1.Cc1cc(C)c(O)c(C)c1C.Cc1cc(C)c(O)c(C)c1C.[Y].[Y]. The van der Waals surface area contributed by atoms with Gasteiger partial charge in [-0.2, -0.15) is 0 Å². The van der Waals surface area contributed by atoms with Gasteiger partial charge in [0.1, 0.15) is 11.5 Å². The standard InChI is InChI=1S/2C10H14O.2C9H10O.2Y/c2*1-6-5-7(2)10(11)9(4)8(6)3;2*1-2-8-3-5-9(7-10)6-4-8;;/h2*5,11H,1-4H3;2*2-6,10H,1,7H2;;. The van der Waals surface area contributed by atoms with E-state index in [-0.39, 0.29) is 78.6 Å². The molecule has 4 aromatic carbocycles. The Balaban J connectivity index is 0. The van der Waals surface area contributed by atoms with Gasteiger partial charge in [-0.05, 0) is 122 Å². The summed E-state index contributed by atoms with van der Waals surface area (Å²) in [4.78, 5) is 0. The number of aliphatic hydroxyl groups excluding tert-OH is 2. The molecule has 4 rings (SSSR count). The Bertz CT molecular complexity index is 1290. The molecular weight excluding hydrogens is 698 g/mol. The van der Waals surface area contributed by atoms with Crippen LogP contribution in [0, 0.1) is 55.4 Å². The fourth-order valence-corrected chi connectivity index (χ4v) is 4.06. The van der Waals surface area contributed by atoms with E-state index in [1.807, 2.05) is 102 Å². The van der Waals surface area contributed by atoms with Crippen molar-refractivity contribution in [1.82, 2.24) is 0 Å². The van der Waals surface area contributed by atoms with E-state index in [1.165, 1.54) is 22.3 Å². The number of aromatic hydroxyl groups is 2. The first-order chi connectivity index (χ1) is 19.8. The number of hydrogen-bond donors (Lipinski definition) is 4. The van der Waals surface area contributed by atoms with Crippen LogP contribution < -0.4 is 0 Å². The summed E-state index contributed by atoms with van der Waals surface area (Å²) in [6.45, 7) is 23.4. The Morgan fingerprint density at radius 3 is 0.977 bits per heavy atom. The van der Waals surface area contributed by atoms with E-state index in [0.717, 1.165) is 44.5 Å². The fourth-order valence-electron chi connectivity index (χ4n) is 4.06. The predicted octanol–water partition coefficient (Wildman–Crippen LogP) is 8.89. The smallest absolute Gasteiger partial charge is 0.121 e. The second-order valence-electron chi connectivity index (χ2n) is 10.4. The summed E-state index contributed by atoms with van der Waals surface area (Å²) in [5.74, 6) is 0.876. The first kappa shape index (κ1) is 44.2. The third-order valence-electron chi connectivity index (χ3n) is 7.43. The summed E-state index contributed by atoms with van der Waals surface area (Å²) in [5.41, 5.74) is 12.8. The van der Waals surface area contributed by atoms with Gasteiger partial charge in [0.15, 0.2) is 0 Å². The third kappa shape index (κ3) is 14.0. The van der Waals surface area contributed by atoms with E-state index >= 15 is 0 Å². The van der Waals surface area contributed by atoms with Crippen LogP contribution in [0.15, 0.2) is 73.8 Å². The molecule has 44 heavy (non-hydrogen) atoms. The van der Waals surface area contributed by atoms with E-state index in [1.54, 1.807) is 12.2 Å². The normalized spacial score (nSPS) is 9.32. The van der Waals surface area contributed by atoms with Crippen molar-refractivity contribution in [2.45, 2.75) is 68.6 Å². The van der Waals surface area contributed by atoms with Crippen molar-refractivity contribution in [2.24, 2.45) is 0 Å². The van der Waals surface area contributed by atoms with E-state index in [0.29, 0.717) is 11.5 Å². The molecule has 0 atom stereocenters. The number of aryl methyl sites for hydroxylation is 4. The average molecular weight is 747 g/mol. The van der Waals surface area contributed by atoms with Crippen LogP contribution in [0.4, 0.5) is 0 Å². The molecule has 2 radical (unpaired) electrons. The Kier molecular flexibility index (Phi) is 22.7. The molecule has 0 aliphatic heterocycles. The van der Waals surface area contributed by atoms with Crippen molar-refractivity contribution in [3.63, 3.8) is 0 Å². The van der Waals surface area contributed by atoms with Gasteiger partial charge < -0.3 is 20.4 Å². The second-order valence-corrected chi connectivity index (χ2v) is 10.4.